The van der Waals surface area contributed by atoms with Crippen LogP contribution in [-0.2, 0) is 11.3 Å². The Morgan fingerprint density at radius 3 is 2.25 bits per heavy atom. The monoisotopic (exact) mass is 448 g/mol. The summed E-state index contributed by atoms with van der Waals surface area (Å²) in [6, 6.07) is 17.0. The lowest BCUT2D eigenvalue weighted by molar-refractivity contribution is -0.130. The van der Waals surface area contributed by atoms with Gasteiger partial charge >= 0.3 is 0 Å². The number of aromatic nitrogens is 1. The Hall–Kier alpha value is -2.84. The number of hydrogen-bond donors (Lipinski definition) is 1. The van der Waals surface area contributed by atoms with Crippen molar-refractivity contribution in [2.75, 3.05) is 45.0 Å². The van der Waals surface area contributed by atoms with Crippen LogP contribution in [0.3, 0.4) is 0 Å². The third-order valence-corrected chi connectivity index (χ3v) is 7.09. The van der Waals surface area contributed by atoms with E-state index in [9.17, 15) is 4.79 Å². The molecular formula is C24H28N6OS. The van der Waals surface area contributed by atoms with Crippen LogP contribution in [0.1, 0.15) is 6.92 Å². The normalized spacial score (nSPS) is 17.0. The first-order valence-electron chi connectivity index (χ1n) is 11.2. The van der Waals surface area contributed by atoms with Crippen LogP contribution < -0.4 is 10.8 Å². The van der Waals surface area contributed by atoms with Gasteiger partial charge in [0.2, 0.25) is 5.91 Å². The Labute approximate surface area is 191 Å². The number of piperazine rings is 1. The van der Waals surface area contributed by atoms with Crippen molar-refractivity contribution < 1.29 is 4.79 Å². The molecule has 0 atom stereocenters. The number of hydrogen-bond acceptors (Lipinski definition) is 6. The van der Waals surface area contributed by atoms with Crippen molar-refractivity contribution in [1.82, 2.24) is 19.8 Å². The van der Waals surface area contributed by atoms with E-state index in [0.717, 1.165) is 72.9 Å². The minimum Gasteiger partial charge on any atom is -0.340 e. The zero-order valence-electron chi connectivity index (χ0n) is 18.3. The number of fused-ring (bicyclic) bond motifs is 2. The van der Waals surface area contributed by atoms with Gasteiger partial charge in [0.25, 0.3) is 0 Å². The first-order chi connectivity index (χ1) is 15.7. The molecule has 166 valence electrons. The number of amides is 1. The second-order valence-electron chi connectivity index (χ2n) is 8.14. The molecule has 0 spiro atoms. The van der Waals surface area contributed by atoms with Gasteiger partial charge in [-0.25, -0.2) is 0 Å². The van der Waals surface area contributed by atoms with Crippen LogP contribution in [0.5, 0.6) is 0 Å². The van der Waals surface area contributed by atoms with E-state index in [1.807, 2.05) is 4.90 Å². The van der Waals surface area contributed by atoms with Crippen LogP contribution in [0.4, 0.5) is 0 Å². The number of carbonyl (C=O) groups is 1. The van der Waals surface area contributed by atoms with Gasteiger partial charge in [0, 0.05) is 62.7 Å². The molecule has 1 fully saturated rings. The second kappa shape index (κ2) is 9.34. The number of aliphatic imine (C=N–C) groups is 1. The lowest BCUT2D eigenvalue weighted by atomic mass is 10.1. The molecule has 5 rings (SSSR count). The highest BCUT2D eigenvalue weighted by atomic mass is 32.2. The summed E-state index contributed by atoms with van der Waals surface area (Å²) in [6.45, 7) is 7.81. The van der Waals surface area contributed by atoms with Crippen molar-refractivity contribution >= 4 is 44.6 Å². The molecule has 2 aromatic carbocycles. The smallest absolute Gasteiger partial charge is 0.219 e. The van der Waals surface area contributed by atoms with Crippen molar-refractivity contribution in [3.05, 3.63) is 53.9 Å². The lowest BCUT2D eigenvalue weighted by Gasteiger charge is -2.34. The highest BCUT2D eigenvalue weighted by molar-refractivity contribution is 8.14. The zero-order valence-corrected chi connectivity index (χ0v) is 19.1. The number of nitrogens with zero attached hydrogens (tertiary/aromatic N) is 5. The fourth-order valence-electron chi connectivity index (χ4n) is 4.49. The van der Waals surface area contributed by atoms with Crippen LogP contribution in [0.2, 0.25) is 0 Å². The molecule has 1 N–H and O–H groups in total. The van der Waals surface area contributed by atoms with Crippen LogP contribution in [0, 0.1) is 0 Å². The van der Waals surface area contributed by atoms with Gasteiger partial charge in [0.15, 0.2) is 5.17 Å². The number of thioether (sulfide) groups is 1. The van der Waals surface area contributed by atoms with Gasteiger partial charge in [-0.2, -0.15) is 5.10 Å². The average molecular weight is 449 g/mol. The summed E-state index contributed by atoms with van der Waals surface area (Å²) in [5, 5.41) is 8.90. The first kappa shape index (κ1) is 21.0. The number of benzene rings is 2. The molecule has 3 heterocycles. The van der Waals surface area contributed by atoms with Crippen molar-refractivity contribution in [2.24, 2.45) is 10.1 Å². The van der Waals surface area contributed by atoms with E-state index in [-0.39, 0.29) is 5.91 Å². The molecule has 0 unspecified atom stereocenters. The van der Waals surface area contributed by atoms with E-state index in [0.29, 0.717) is 0 Å². The van der Waals surface area contributed by atoms with Crippen molar-refractivity contribution in [2.45, 2.75) is 13.5 Å². The number of rotatable bonds is 4. The number of pyridine rings is 1. The molecule has 0 aliphatic carbocycles. The van der Waals surface area contributed by atoms with E-state index in [2.05, 4.69) is 68.4 Å². The summed E-state index contributed by atoms with van der Waals surface area (Å²) in [5.41, 5.74) is 5.54. The van der Waals surface area contributed by atoms with E-state index in [1.54, 1.807) is 18.7 Å². The molecule has 1 saturated heterocycles. The van der Waals surface area contributed by atoms with Gasteiger partial charge in [-0.3, -0.25) is 20.1 Å². The largest absolute Gasteiger partial charge is 0.340 e. The maximum Gasteiger partial charge on any atom is 0.219 e. The number of carbonyl (C=O) groups excluding carboxylic acids is 1. The molecule has 0 saturated carbocycles. The maximum atomic E-state index is 11.6. The summed E-state index contributed by atoms with van der Waals surface area (Å²) < 4.78 is 2.41. The molecule has 2 aliphatic rings. The Morgan fingerprint density at radius 1 is 1.00 bits per heavy atom. The van der Waals surface area contributed by atoms with Gasteiger partial charge < -0.3 is 9.47 Å². The van der Waals surface area contributed by atoms with Gasteiger partial charge in [0.1, 0.15) is 5.36 Å². The Morgan fingerprint density at radius 2 is 1.66 bits per heavy atom. The van der Waals surface area contributed by atoms with Crippen LogP contribution >= 0.6 is 11.8 Å². The second-order valence-corrected chi connectivity index (χ2v) is 9.22. The quantitative estimate of drug-likeness (QED) is 0.492. The Bertz CT molecular complexity index is 1180. The van der Waals surface area contributed by atoms with E-state index >= 15 is 0 Å². The van der Waals surface area contributed by atoms with Crippen molar-refractivity contribution in [3.63, 3.8) is 0 Å². The fraction of sp³-hybridized carbons (Fsp3) is 0.375. The summed E-state index contributed by atoms with van der Waals surface area (Å²) in [7, 11) is 0. The third-order valence-electron chi connectivity index (χ3n) is 6.21. The van der Waals surface area contributed by atoms with E-state index in [1.165, 1.54) is 11.0 Å². The minimum absolute atomic E-state index is 0.172. The Balaban J connectivity index is 1.50. The lowest BCUT2D eigenvalue weighted by Crippen LogP contribution is -2.48. The molecule has 0 radical (unpaired) electrons. The van der Waals surface area contributed by atoms with Crippen LogP contribution in [0.15, 0.2) is 58.6 Å². The predicted molar refractivity (Wildman–Crippen MR) is 132 cm³/mol. The summed E-state index contributed by atoms with van der Waals surface area (Å²) in [4.78, 5) is 20.5. The summed E-state index contributed by atoms with van der Waals surface area (Å²) >= 11 is 1.71. The molecule has 32 heavy (non-hydrogen) atoms. The van der Waals surface area contributed by atoms with Crippen LogP contribution in [0.25, 0.3) is 21.8 Å². The zero-order chi connectivity index (χ0) is 21.9. The predicted octanol–water partition coefficient (Wildman–Crippen LogP) is 2.47. The SMILES string of the molecule is CC(=O)N1CCN(CCn2c3ccccc3c(=NNC3=NCCS3)c3ccccc32)CC1. The maximum absolute atomic E-state index is 11.6. The van der Waals surface area contributed by atoms with E-state index in [4.69, 9.17) is 5.10 Å². The van der Waals surface area contributed by atoms with Gasteiger partial charge in [0.05, 0.1) is 17.6 Å². The fourth-order valence-corrected chi connectivity index (χ4v) is 5.16. The molecule has 3 aromatic rings. The molecule has 0 bridgehead atoms. The number of nitrogens with one attached hydrogen (secondary N) is 1. The molecule has 2 aliphatic heterocycles. The number of para-hydroxylation sites is 2. The Kier molecular flexibility index (Phi) is 6.14. The molecule has 7 nitrogen and oxygen atoms in total. The van der Waals surface area contributed by atoms with E-state index < -0.39 is 0 Å². The van der Waals surface area contributed by atoms with Gasteiger partial charge in [-0.05, 0) is 12.1 Å². The van der Waals surface area contributed by atoms with Gasteiger partial charge in [-0.15, -0.1) is 0 Å². The highest BCUT2D eigenvalue weighted by Crippen LogP contribution is 2.20. The summed E-state index contributed by atoms with van der Waals surface area (Å²) in [5.74, 6) is 1.18. The topological polar surface area (TPSA) is 65.2 Å². The minimum atomic E-state index is 0.172. The summed E-state index contributed by atoms with van der Waals surface area (Å²) in [6.07, 6.45) is 0. The van der Waals surface area contributed by atoms with Crippen molar-refractivity contribution in [3.8, 4) is 0 Å². The highest BCUT2D eigenvalue weighted by Gasteiger charge is 2.19. The average Bonchev–Trinajstić information content (AvgIpc) is 3.35. The number of amidine groups is 1. The van der Waals surface area contributed by atoms with Gasteiger partial charge in [-0.1, -0.05) is 48.2 Å². The molecule has 8 heteroatoms. The first-order valence-corrected chi connectivity index (χ1v) is 12.1. The van der Waals surface area contributed by atoms with Crippen LogP contribution in [-0.4, -0.2) is 70.5 Å². The molecule has 1 aromatic heterocycles. The van der Waals surface area contributed by atoms with Crippen molar-refractivity contribution in [1.29, 1.82) is 0 Å². The standard InChI is InChI=1S/C24H28N6OS/c1-18(31)29-14-11-28(12-15-29)13-16-30-21-8-4-2-6-19(21)23(20-7-3-5-9-22(20)30)26-27-24-25-10-17-32-24/h2-9H,10-17H2,1H3,(H,25,27). The third kappa shape index (κ3) is 4.25. The molecular weight excluding hydrogens is 420 g/mol. The molecule has 1 amide bonds.